The van der Waals surface area contributed by atoms with Crippen LogP contribution in [0.3, 0.4) is 0 Å². The summed E-state index contributed by atoms with van der Waals surface area (Å²) >= 11 is 0. The summed E-state index contributed by atoms with van der Waals surface area (Å²) in [6.07, 6.45) is 2.41. The fraction of sp³-hybridized carbons (Fsp3) is 0.929. The van der Waals surface area contributed by atoms with Crippen LogP contribution in [0.15, 0.2) is 0 Å². The van der Waals surface area contributed by atoms with E-state index in [1.165, 1.54) is 12.8 Å². The zero-order chi connectivity index (χ0) is 13.5. The van der Waals surface area contributed by atoms with Crippen LogP contribution in [0.2, 0.25) is 0 Å². The molecule has 4 heteroatoms. The van der Waals surface area contributed by atoms with Gasteiger partial charge >= 0.3 is 5.97 Å². The van der Waals surface area contributed by atoms with Crippen LogP contribution in [-0.2, 0) is 9.53 Å². The number of esters is 1. The van der Waals surface area contributed by atoms with E-state index in [0.717, 1.165) is 19.6 Å². The van der Waals surface area contributed by atoms with E-state index in [4.69, 9.17) is 4.74 Å². The van der Waals surface area contributed by atoms with E-state index in [0.29, 0.717) is 18.6 Å². The topological polar surface area (TPSA) is 41.6 Å². The van der Waals surface area contributed by atoms with Gasteiger partial charge in [-0.1, -0.05) is 0 Å². The van der Waals surface area contributed by atoms with Crippen molar-refractivity contribution in [2.24, 2.45) is 5.92 Å². The molecule has 1 heterocycles. The zero-order valence-electron chi connectivity index (χ0n) is 12.2. The average molecular weight is 256 g/mol. The molecule has 0 aliphatic carbocycles. The first-order chi connectivity index (χ1) is 8.56. The summed E-state index contributed by atoms with van der Waals surface area (Å²) in [5.74, 6) is 0.602. The predicted molar refractivity (Wildman–Crippen MR) is 73.5 cm³/mol. The van der Waals surface area contributed by atoms with Gasteiger partial charge in [-0.15, -0.1) is 0 Å². The fourth-order valence-electron chi connectivity index (χ4n) is 2.58. The van der Waals surface area contributed by atoms with Crippen molar-refractivity contribution in [3.05, 3.63) is 0 Å². The van der Waals surface area contributed by atoms with Gasteiger partial charge < -0.3 is 10.1 Å². The van der Waals surface area contributed by atoms with Gasteiger partial charge in [-0.3, -0.25) is 9.69 Å². The molecule has 0 bridgehead atoms. The molecule has 0 aromatic carbocycles. The molecular weight excluding hydrogens is 228 g/mol. The summed E-state index contributed by atoms with van der Waals surface area (Å²) in [7, 11) is 0. The first kappa shape index (κ1) is 15.4. The third-order valence-electron chi connectivity index (χ3n) is 3.72. The Kier molecular flexibility index (Phi) is 6.65. The number of nitrogens with one attached hydrogen (secondary N) is 1. The average Bonchev–Trinajstić information content (AvgIpc) is 2.36. The van der Waals surface area contributed by atoms with Crippen molar-refractivity contribution in [2.45, 2.75) is 52.6 Å². The number of ether oxygens (including phenoxy) is 1. The van der Waals surface area contributed by atoms with E-state index in [1.54, 1.807) is 0 Å². The van der Waals surface area contributed by atoms with E-state index < -0.39 is 0 Å². The highest BCUT2D eigenvalue weighted by molar-refractivity contribution is 5.75. The molecule has 4 nitrogen and oxygen atoms in total. The largest absolute Gasteiger partial charge is 0.465 e. The first-order valence-electron chi connectivity index (χ1n) is 7.19. The number of carbonyl (C=O) groups excluding carboxylic acids is 1. The normalized spacial score (nSPS) is 19.2. The second-order valence-corrected chi connectivity index (χ2v) is 5.41. The number of rotatable bonds is 6. The molecule has 0 spiro atoms. The standard InChI is InChI=1S/C14H28N2O2/c1-5-18-14(17)12(4)16(11(2)3)10-13-6-8-15-9-7-13/h11-13,15H,5-10H2,1-4H3. The highest BCUT2D eigenvalue weighted by Gasteiger charge is 2.27. The van der Waals surface area contributed by atoms with Crippen LogP contribution in [0.5, 0.6) is 0 Å². The molecule has 0 aromatic rings. The zero-order valence-corrected chi connectivity index (χ0v) is 12.2. The van der Waals surface area contributed by atoms with Crippen molar-refractivity contribution in [1.82, 2.24) is 10.2 Å². The third-order valence-corrected chi connectivity index (χ3v) is 3.72. The molecule has 18 heavy (non-hydrogen) atoms. The maximum Gasteiger partial charge on any atom is 0.323 e. The molecule has 1 aliphatic rings. The summed E-state index contributed by atoms with van der Waals surface area (Å²) in [6.45, 7) is 11.8. The van der Waals surface area contributed by atoms with Gasteiger partial charge in [0, 0.05) is 12.6 Å². The molecule has 1 unspecified atom stereocenters. The third kappa shape index (κ3) is 4.58. The monoisotopic (exact) mass is 256 g/mol. The summed E-state index contributed by atoms with van der Waals surface area (Å²) in [4.78, 5) is 14.1. The van der Waals surface area contributed by atoms with Crippen LogP contribution in [0.4, 0.5) is 0 Å². The number of piperidine rings is 1. The Morgan fingerprint density at radius 3 is 2.44 bits per heavy atom. The van der Waals surface area contributed by atoms with Crippen LogP contribution in [0.1, 0.15) is 40.5 Å². The van der Waals surface area contributed by atoms with Gasteiger partial charge in [0.05, 0.1) is 6.61 Å². The van der Waals surface area contributed by atoms with Gasteiger partial charge in [-0.05, 0) is 59.5 Å². The molecule has 0 amide bonds. The lowest BCUT2D eigenvalue weighted by Crippen LogP contribution is -2.47. The molecule has 1 rings (SSSR count). The Balaban J connectivity index is 2.55. The van der Waals surface area contributed by atoms with Crippen molar-refractivity contribution < 1.29 is 9.53 Å². The lowest BCUT2D eigenvalue weighted by molar-refractivity contribution is -0.150. The number of hydrogen-bond acceptors (Lipinski definition) is 4. The van der Waals surface area contributed by atoms with Crippen molar-refractivity contribution in [3.8, 4) is 0 Å². The maximum atomic E-state index is 11.9. The van der Waals surface area contributed by atoms with Gasteiger partial charge in [0.2, 0.25) is 0 Å². The van der Waals surface area contributed by atoms with Crippen LogP contribution in [0, 0.1) is 5.92 Å². The van der Waals surface area contributed by atoms with Gasteiger partial charge in [-0.25, -0.2) is 0 Å². The second-order valence-electron chi connectivity index (χ2n) is 5.41. The van der Waals surface area contributed by atoms with Crippen LogP contribution in [-0.4, -0.2) is 49.2 Å². The smallest absolute Gasteiger partial charge is 0.323 e. The Bertz CT molecular complexity index is 250. The molecule has 0 radical (unpaired) electrons. The lowest BCUT2D eigenvalue weighted by Gasteiger charge is -2.35. The van der Waals surface area contributed by atoms with Crippen molar-refractivity contribution >= 4 is 5.97 Å². The summed E-state index contributed by atoms with van der Waals surface area (Å²) in [6, 6.07) is 0.235. The molecule has 0 aromatic heterocycles. The molecule has 1 atom stereocenters. The lowest BCUT2D eigenvalue weighted by atomic mass is 9.96. The SMILES string of the molecule is CCOC(=O)C(C)N(CC1CCNCC1)C(C)C. The molecule has 1 aliphatic heterocycles. The number of carbonyl (C=O) groups is 1. The van der Waals surface area contributed by atoms with E-state index in [-0.39, 0.29) is 12.0 Å². The predicted octanol–water partition coefficient (Wildman–Crippen LogP) is 1.65. The van der Waals surface area contributed by atoms with E-state index in [2.05, 4.69) is 24.1 Å². The van der Waals surface area contributed by atoms with Crippen LogP contribution >= 0.6 is 0 Å². The van der Waals surface area contributed by atoms with Crippen molar-refractivity contribution in [1.29, 1.82) is 0 Å². The van der Waals surface area contributed by atoms with Gasteiger partial charge in [0.1, 0.15) is 6.04 Å². The van der Waals surface area contributed by atoms with Crippen LogP contribution < -0.4 is 5.32 Å². The van der Waals surface area contributed by atoms with E-state index >= 15 is 0 Å². The van der Waals surface area contributed by atoms with Gasteiger partial charge in [-0.2, -0.15) is 0 Å². The maximum absolute atomic E-state index is 11.9. The summed E-state index contributed by atoms with van der Waals surface area (Å²) in [5, 5.41) is 3.38. The molecule has 1 fully saturated rings. The van der Waals surface area contributed by atoms with E-state index in [1.807, 2.05) is 13.8 Å². The summed E-state index contributed by atoms with van der Waals surface area (Å²) in [5.41, 5.74) is 0. The molecular formula is C14H28N2O2. The Labute approximate surface area is 111 Å². The molecule has 106 valence electrons. The van der Waals surface area contributed by atoms with Crippen molar-refractivity contribution in [3.63, 3.8) is 0 Å². The fourth-order valence-corrected chi connectivity index (χ4v) is 2.58. The van der Waals surface area contributed by atoms with Crippen molar-refractivity contribution in [2.75, 3.05) is 26.2 Å². The van der Waals surface area contributed by atoms with Gasteiger partial charge in [0.15, 0.2) is 0 Å². The second kappa shape index (κ2) is 7.74. The minimum absolute atomic E-state index is 0.0971. The Morgan fingerprint density at radius 2 is 1.94 bits per heavy atom. The highest BCUT2D eigenvalue weighted by Crippen LogP contribution is 2.17. The molecule has 1 N–H and O–H groups in total. The Hall–Kier alpha value is -0.610. The number of nitrogens with zero attached hydrogens (tertiary/aromatic N) is 1. The molecule has 1 saturated heterocycles. The minimum atomic E-state index is -0.139. The Morgan fingerprint density at radius 1 is 1.33 bits per heavy atom. The van der Waals surface area contributed by atoms with Gasteiger partial charge in [0.25, 0.3) is 0 Å². The van der Waals surface area contributed by atoms with Crippen LogP contribution in [0.25, 0.3) is 0 Å². The first-order valence-corrected chi connectivity index (χ1v) is 7.19. The minimum Gasteiger partial charge on any atom is -0.465 e. The highest BCUT2D eigenvalue weighted by atomic mass is 16.5. The number of hydrogen-bond donors (Lipinski definition) is 1. The van der Waals surface area contributed by atoms with E-state index in [9.17, 15) is 4.79 Å². The molecule has 0 saturated carbocycles. The summed E-state index contributed by atoms with van der Waals surface area (Å²) < 4.78 is 5.13. The quantitative estimate of drug-likeness (QED) is 0.734.